The highest BCUT2D eigenvalue weighted by Gasteiger charge is 2.10. The third-order valence-corrected chi connectivity index (χ3v) is 2.49. The van der Waals surface area contributed by atoms with Gasteiger partial charge in [-0.15, -0.1) is 0 Å². The molecule has 1 heterocycles. The van der Waals surface area contributed by atoms with Gasteiger partial charge in [-0.3, -0.25) is 9.88 Å². The number of hydrogen-bond acceptors (Lipinski definition) is 4. The van der Waals surface area contributed by atoms with Crippen LogP contribution in [0.2, 0.25) is 0 Å². The monoisotopic (exact) mass is 224 g/mol. The van der Waals surface area contributed by atoms with Crippen molar-refractivity contribution in [3.63, 3.8) is 0 Å². The molecule has 0 atom stereocenters. The molecule has 0 amide bonds. The molecular formula is C12H20N2O2. The van der Waals surface area contributed by atoms with Crippen LogP contribution in [0.1, 0.15) is 19.5 Å². The minimum Gasteiger partial charge on any atom is -0.506 e. The van der Waals surface area contributed by atoms with Gasteiger partial charge in [0.05, 0.1) is 18.5 Å². The van der Waals surface area contributed by atoms with Crippen molar-refractivity contribution in [2.24, 2.45) is 0 Å². The van der Waals surface area contributed by atoms with E-state index in [1.807, 2.05) is 6.07 Å². The standard InChI is InChI=1S/C12H20N2O2/c1-10(2)14(6-7-16-3)9-11-4-5-12(15)8-13-11/h4-5,8,10,15H,6-7,9H2,1-3H3. The lowest BCUT2D eigenvalue weighted by atomic mass is 10.2. The molecule has 0 spiro atoms. The van der Waals surface area contributed by atoms with E-state index < -0.39 is 0 Å². The van der Waals surface area contributed by atoms with E-state index in [-0.39, 0.29) is 5.75 Å². The summed E-state index contributed by atoms with van der Waals surface area (Å²) in [5.41, 5.74) is 0.961. The minimum atomic E-state index is 0.205. The SMILES string of the molecule is COCCN(Cc1ccc(O)cn1)C(C)C. The number of aromatic hydroxyl groups is 1. The van der Waals surface area contributed by atoms with Crippen LogP contribution in [0.25, 0.3) is 0 Å². The maximum absolute atomic E-state index is 9.15. The Labute approximate surface area is 96.9 Å². The molecule has 4 nitrogen and oxygen atoms in total. The Morgan fingerprint density at radius 3 is 2.69 bits per heavy atom. The summed E-state index contributed by atoms with van der Waals surface area (Å²) in [5.74, 6) is 0.205. The molecule has 16 heavy (non-hydrogen) atoms. The molecule has 0 aliphatic heterocycles. The van der Waals surface area contributed by atoms with E-state index in [1.54, 1.807) is 13.2 Å². The van der Waals surface area contributed by atoms with Crippen LogP contribution < -0.4 is 0 Å². The van der Waals surface area contributed by atoms with Crippen molar-refractivity contribution in [3.8, 4) is 5.75 Å². The average molecular weight is 224 g/mol. The zero-order valence-corrected chi connectivity index (χ0v) is 10.2. The Balaban J connectivity index is 2.57. The van der Waals surface area contributed by atoms with Crippen LogP contribution in [0.4, 0.5) is 0 Å². The average Bonchev–Trinajstić information content (AvgIpc) is 2.26. The highest BCUT2D eigenvalue weighted by atomic mass is 16.5. The number of methoxy groups -OCH3 is 1. The number of hydrogen-bond donors (Lipinski definition) is 1. The first kappa shape index (κ1) is 12.9. The van der Waals surface area contributed by atoms with E-state index in [9.17, 15) is 0 Å². The number of rotatable bonds is 6. The smallest absolute Gasteiger partial charge is 0.133 e. The van der Waals surface area contributed by atoms with E-state index in [4.69, 9.17) is 9.84 Å². The van der Waals surface area contributed by atoms with E-state index in [0.717, 1.165) is 25.4 Å². The first-order valence-corrected chi connectivity index (χ1v) is 5.50. The highest BCUT2D eigenvalue weighted by Crippen LogP contribution is 2.09. The summed E-state index contributed by atoms with van der Waals surface area (Å²) in [4.78, 5) is 6.46. The van der Waals surface area contributed by atoms with Crippen LogP contribution in [0.15, 0.2) is 18.3 Å². The van der Waals surface area contributed by atoms with Crippen molar-refractivity contribution in [3.05, 3.63) is 24.0 Å². The summed E-state index contributed by atoms with van der Waals surface area (Å²) < 4.78 is 5.08. The summed E-state index contributed by atoms with van der Waals surface area (Å²) in [7, 11) is 1.71. The molecule has 0 aliphatic carbocycles. The second-order valence-corrected chi connectivity index (χ2v) is 4.06. The Kier molecular flexibility index (Phi) is 5.22. The van der Waals surface area contributed by atoms with E-state index >= 15 is 0 Å². The summed E-state index contributed by atoms with van der Waals surface area (Å²) in [5, 5.41) is 9.15. The zero-order valence-electron chi connectivity index (χ0n) is 10.2. The van der Waals surface area contributed by atoms with Gasteiger partial charge in [0, 0.05) is 26.2 Å². The highest BCUT2D eigenvalue weighted by molar-refractivity contribution is 5.17. The van der Waals surface area contributed by atoms with Crippen LogP contribution >= 0.6 is 0 Å². The van der Waals surface area contributed by atoms with Gasteiger partial charge in [-0.1, -0.05) is 0 Å². The van der Waals surface area contributed by atoms with Crippen LogP contribution in [-0.4, -0.2) is 41.3 Å². The van der Waals surface area contributed by atoms with Gasteiger partial charge < -0.3 is 9.84 Å². The van der Waals surface area contributed by atoms with Gasteiger partial charge in [-0.25, -0.2) is 0 Å². The molecule has 0 saturated heterocycles. The minimum absolute atomic E-state index is 0.205. The molecular weight excluding hydrogens is 204 g/mol. The maximum atomic E-state index is 9.15. The molecule has 90 valence electrons. The fourth-order valence-electron chi connectivity index (χ4n) is 1.45. The third kappa shape index (κ3) is 4.16. The molecule has 0 aromatic carbocycles. The number of pyridine rings is 1. The van der Waals surface area contributed by atoms with Crippen molar-refractivity contribution in [2.45, 2.75) is 26.4 Å². The molecule has 0 saturated carbocycles. The number of aromatic nitrogens is 1. The fourth-order valence-corrected chi connectivity index (χ4v) is 1.45. The Bertz CT molecular complexity index is 298. The number of ether oxygens (including phenoxy) is 1. The van der Waals surface area contributed by atoms with Crippen molar-refractivity contribution >= 4 is 0 Å². The van der Waals surface area contributed by atoms with Crippen LogP contribution in [0.5, 0.6) is 5.75 Å². The van der Waals surface area contributed by atoms with E-state index in [0.29, 0.717) is 6.04 Å². The Morgan fingerprint density at radius 1 is 1.44 bits per heavy atom. The van der Waals surface area contributed by atoms with Gasteiger partial charge in [0.2, 0.25) is 0 Å². The van der Waals surface area contributed by atoms with E-state index in [1.165, 1.54) is 6.20 Å². The molecule has 0 unspecified atom stereocenters. The van der Waals surface area contributed by atoms with Gasteiger partial charge in [0.15, 0.2) is 0 Å². The molecule has 0 fully saturated rings. The third-order valence-electron chi connectivity index (χ3n) is 2.49. The number of nitrogens with zero attached hydrogens (tertiary/aromatic N) is 2. The van der Waals surface area contributed by atoms with E-state index in [2.05, 4.69) is 23.7 Å². The molecule has 1 N–H and O–H groups in total. The maximum Gasteiger partial charge on any atom is 0.133 e. The van der Waals surface area contributed by atoms with Crippen LogP contribution in [0.3, 0.4) is 0 Å². The predicted molar refractivity (Wildman–Crippen MR) is 63.3 cm³/mol. The summed E-state index contributed by atoms with van der Waals surface area (Å²) in [6.45, 7) is 6.68. The van der Waals surface area contributed by atoms with Gasteiger partial charge >= 0.3 is 0 Å². The lowest BCUT2D eigenvalue weighted by Crippen LogP contribution is -2.33. The van der Waals surface area contributed by atoms with Gasteiger partial charge in [-0.05, 0) is 26.0 Å². The first-order valence-electron chi connectivity index (χ1n) is 5.50. The predicted octanol–water partition coefficient (Wildman–Crippen LogP) is 1.64. The lowest BCUT2D eigenvalue weighted by molar-refractivity contribution is 0.124. The quantitative estimate of drug-likeness (QED) is 0.798. The van der Waals surface area contributed by atoms with Gasteiger partial charge in [0.1, 0.15) is 5.75 Å². The molecule has 0 bridgehead atoms. The van der Waals surface area contributed by atoms with Crippen molar-refractivity contribution in [1.29, 1.82) is 0 Å². The summed E-state index contributed by atoms with van der Waals surface area (Å²) >= 11 is 0. The summed E-state index contributed by atoms with van der Waals surface area (Å²) in [6.07, 6.45) is 1.48. The largest absolute Gasteiger partial charge is 0.506 e. The van der Waals surface area contributed by atoms with Crippen molar-refractivity contribution < 1.29 is 9.84 Å². The molecule has 1 aromatic rings. The normalized spacial score (nSPS) is 11.3. The van der Waals surface area contributed by atoms with Gasteiger partial charge in [-0.2, -0.15) is 0 Å². The molecule has 0 aliphatic rings. The Morgan fingerprint density at radius 2 is 2.19 bits per heavy atom. The van der Waals surface area contributed by atoms with Crippen LogP contribution in [-0.2, 0) is 11.3 Å². The second kappa shape index (κ2) is 6.45. The van der Waals surface area contributed by atoms with Crippen molar-refractivity contribution in [2.75, 3.05) is 20.3 Å². The van der Waals surface area contributed by atoms with Gasteiger partial charge in [0.25, 0.3) is 0 Å². The summed E-state index contributed by atoms with van der Waals surface area (Å²) in [6, 6.07) is 3.96. The molecule has 4 heteroatoms. The Hall–Kier alpha value is -1.13. The fraction of sp³-hybridized carbons (Fsp3) is 0.583. The second-order valence-electron chi connectivity index (χ2n) is 4.06. The zero-order chi connectivity index (χ0) is 12.0. The topological polar surface area (TPSA) is 45.6 Å². The lowest BCUT2D eigenvalue weighted by Gasteiger charge is -2.25. The first-order chi connectivity index (χ1) is 7.63. The molecule has 1 rings (SSSR count). The molecule has 0 radical (unpaired) electrons. The van der Waals surface area contributed by atoms with Crippen LogP contribution in [0, 0.1) is 0 Å². The van der Waals surface area contributed by atoms with Crippen molar-refractivity contribution in [1.82, 2.24) is 9.88 Å². The molecule has 1 aromatic heterocycles.